The van der Waals surface area contributed by atoms with Crippen molar-refractivity contribution in [2.24, 2.45) is 0 Å². The second-order valence-corrected chi connectivity index (χ2v) is 30.4. The molecule has 0 radical (unpaired) electrons. The molecule has 608 valence electrons. The molecule has 0 spiro atoms. The Labute approximate surface area is 620 Å². The van der Waals surface area contributed by atoms with E-state index in [1.165, 1.54) is 141 Å². The first-order valence-corrected chi connectivity index (χ1v) is 42.4. The molecular weight excluding hydrogens is 1260 g/mol. The minimum atomic E-state index is -0.347. The smallest absolute Gasteiger partial charge is 0.0667 e. The third-order valence-electron chi connectivity index (χ3n) is 18.9. The average Bonchev–Trinajstić information content (AvgIpc) is 1.07. The van der Waals surface area contributed by atoms with Gasteiger partial charge in [0.15, 0.2) is 0 Å². The van der Waals surface area contributed by atoms with E-state index < -0.39 is 0 Å². The number of likely N-dealkylation sites (N-methyl/N-ethyl adjacent to an activating group) is 2. The van der Waals surface area contributed by atoms with Crippen LogP contribution in [0.1, 0.15) is 325 Å². The fraction of sp³-hybridized carbons (Fsp3) is 1.00. The normalized spacial score (nSPS) is 14.3. The maximum Gasteiger partial charge on any atom is 0.0667 e. The molecule has 0 saturated heterocycles. The Kier molecular flexibility index (Phi) is 87.0. The van der Waals surface area contributed by atoms with Crippen LogP contribution in [0.25, 0.3) is 0 Å². The first-order chi connectivity index (χ1) is 48.2. The summed E-state index contributed by atoms with van der Waals surface area (Å²) in [6, 6.07) is 0. The number of rotatable bonds is 73. The second-order valence-electron chi connectivity index (χ2n) is 30.4. The highest BCUT2D eigenvalue weighted by Gasteiger charge is 2.19. The predicted molar refractivity (Wildman–Crippen MR) is 428 cm³/mol. The Morgan fingerprint density at radius 2 is 0.410 bits per heavy atom. The van der Waals surface area contributed by atoms with Crippen LogP contribution >= 0.6 is 0 Å². The quantitative estimate of drug-likeness (QED) is 0.0254. The molecule has 18 nitrogen and oxygen atoms in total. The second kappa shape index (κ2) is 82.3. The topological polar surface area (TPSA) is 245 Å². The van der Waals surface area contributed by atoms with Gasteiger partial charge in [0, 0.05) is 78.6 Å². The lowest BCUT2D eigenvalue weighted by Gasteiger charge is -2.28. The predicted octanol–water partition coefficient (Wildman–Crippen LogP) is 13.0. The maximum absolute atomic E-state index is 10.4. The van der Waals surface area contributed by atoms with Gasteiger partial charge in [-0.05, 0) is 145 Å². The molecule has 8 atom stereocenters. The molecular formula is C82H179N7O11. The number of hydrogen-bond acceptors (Lipinski definition) is 18. The van der Waals surface area contributed by atoms with Gasteiger partial charge in [-0.25, -0.2) is 0 Å². The first-order valence-electron chi connectivity index (χ1n) is 42.4. The molecule has 11 N–H and O–H groups in total. The highest BCUT2D eigenvalue weighted by molar-refractivity contribution is 4.74. The van der Waals surface area contributed by atoms with Crippen LogP contribution in [0.4, 0.5) is 0 Å². The lowest BCUT2D eigenvalue weighted by atomic mass is 10.0. The van der Waals surface area contributed by atoms with Crippen molar-refractivity contribution >= 4 is 0 Å². The van der Waals surface area contributed by atoms with Gasteiger partial charge >= 0.3 is 0 Å². The van der Waals surface area contributed by atoms with Gasteiger partial charge in [0.1, 0.15) is 0 Å². The average molecular weight is 1440 g/mol. The number of aliphatic hydroxyl groups excluding tert-OH is 11. The highest BCUT2D eigenvalue weighted by atomic mass is 16.3. The van der Waals surface area contributed by atoms with Crippen molar-refractivity contribution in [1.82, 2.24) is 34.3 Å². The molecule has 0 bridgehead atoms. The summed E-state index contributed by atoms with van der Waals surface area (Å²) in [6.45, 7) is 30.1. The zero-order valence-electron chi connectivity index (χ0n) is 68.5. The minimum Gasteiger partial charge on any atom is -0.396 e. The van der Waals surface area contributed by atoms with E-state index in [0.29, 0.717) is 58.8 Å². The molecule has 0 aromatic heterocycles. The fourth-order valence-corrected chi connectivity index (χ4v) is 13.3. The first kappa shape index (κ1) is 106. The summed E-state index contributed by atoms with van der Waals surface area (Å²) < 4.78 is 0. The van der Waals surface area contributed by atoms with Crippen molar-refractivity contribution in [1.29, 1.82) is 0 Å². The van der Waals surface area contributed by atoms with E-state index in [9.17, 15) is 40.9 Å². The minimum absolute atomic E-state index is 0.0914. The zero-order chi connectivity index (χ0) is 75.5. The summed E-state index contributed by atoms with van der Waals surface area (Å²) in [5, 5.41) is 107. The van der Waals surface area contributed by atoms with E-state index in [2.05, 4.69) is 99.1 Å². The molecule has 0 aliphatic heterocycles. The van der Waals surface area contributed by atoms with E-state index in [1.807, 2.05) is 18.7 Å². The van der Waals surface area contributed by atoms with Crippen molar-refractivity contribution in [3.63, 3.8) is 0 Å². The lowest BCUT2D eigenvalue weighted by Crippen LogP contribution is -2.40. The summed E-state index contributed by atoms with van der Waals surface area (Å²) >= 11 is 0. The van der Waals surface area contributed by atoms with Gasteiger partial charge in [-0.15, -0.1) is 0 Å². The Morgan fingerprint density at radius 1 is 0.190 bits per heavy atom. The maximum atomic E-state index is 10.4. The van der Waals surface area contributed by atoms with Gasteiger partial charge in [-0.1, -0.05) is 248 Å². The number of hydrogen-bond donors (Lipinski definition) is 11. The van der Waals surface area contributed by atoms with E-state index in [4.69, 9.17) is 15.3 Å². The Bertz CT molecular complexity index is 1440. The van der Waals surface area contributed by atoms with E-state index >= 15 is 0 Å². The van der Waals surface area contributed by atoms with Crippen LogP contribution < -0.4 is 0 Å². The Balaban J connectivity index is -0.000000662. The largest absolute Gasteiger partial charge is 0.396 e. The zero-order valence-corrected chi connectivity index (χ0v) is 68.5. The standard InChI is InChI=1S/C37H78N2O2.C17H38N2O4.C15H34N2O2.C13H29NO3/c1-5-7-9-11-13-15-17-19-21-23-25-27-30-36(40)34-38(3)32-29-33-39(4)35-37(41)31-28-26-24-22-20-18-16-14-12-10-8-6-2;1-3-6-16(22)14-19(15-17(23)7-4-2)9-5-8-18(10-12-20)11-13-21;1-5-8-14(18)12-17(11-7-10-16(3)4)13-15(19)9-6-2;1-3-6-12(16)10-14(8-5-9-15)11-13(17)7-4-2/h36-37,40-41H,5-35H2,1-4H3;16-17,20-23H,3-15H2,1-2H3;14-15,18-19H,5-13H2,1-4H3;12-13,15-17H,3-11H2,1-2H3. The van der Waals surface area contributed by atoms with Crippen molar-refractivity contribution in [2.75, 3.05) is 159 Å². The molecule has 0 aromatic rings. The van der Waals surface area contributed by atoms with Crippen LogP contribution in [0.5, 0.6) is 0 Å². The van der Waals surface area contributed by atoms with E-state index in [1.54, 1.807) is 0 Å². The van der Waals surface area contributed by atoms with Crippen molar-refractivity contribution in [2.45, 2.75) is 374 Å². The van der Waals surface area contributed by atoms with Crippen LogP contribution in [0.15, 0.2) is 0 Å². The molecule has 0 aliphatic carbocycles. The van der Waals surface area contributed by atoms with E-state index in [-0.39, 0.29) is 68.7 Å². The number of aliphatic hydroxyl groups is 11. The highest BCUT2D eigenvalue weighted by Crippen LogP contribution is 2.17. The summed E-state index contributed by atoms with van der Waals surface area (Å²) in [6.07, 6.45) is 46.8. The van der Waals surface area contributed by atoms with Crippen LogP contribution in [0, 0.1) is 0 Å². The van der Waals surface area contributed by atoms with Gasteiger partial charge in [-0.3, -0.25) is 19.6 Å². The van der Waals surface area contributed by atoms with Gasteiger partial charge < -0.3 is 70.9 Å². The molecule has 18 heteroatoms. The Morgan fingerprint density at radius 3 is 0.650 bits per heavy atom. The molecule has 100 heavy (non-hydrogen) atoms. The van der Waals surface area contributed by atoms with Crippen LogP contribution in [-0.2, 0) is 0 Å². The van der Waals surface area contributed by atoms with Gasteiger partial charge in [0.05, 0.1) is 62.0 Å². The molecule has 0 fully saturated rings. The lowest BCUT2D eigenvalue weighted by molar-refractivity contribution is 0.0584. The molecule has 0 amide bonds. The molecule has 0 aliphatic rings. The van der Waals surface area contributed by atoms with Gasteiger partial charge in [0.2, 0.25) is 0 Å². The molecule has 0 rings (SSSR count). The summed E-state index contributed by atoms with van der Waals surface area (Å²) in [5.41, 5.74) is 0. The van der Waals surface area contributed by atoms with Crippen molar-refractivity contribution in [3.8, 4) is 0 Å². The Hall–Kier alpha value is -0.720. The molecule has 0 aromatic carbocycles. The summed E-state index contributed by atoms with van der Waals surface area (Å²) in [5.74, 6) is 0. The van der Waals surface area contributed by atoms with Crippen molar-refractivity contribution in [3.05, 3.63) is 0 Å². The SMILES string of the molecule is CCCC(O)CN(CCCN(C)C)CC(O)CCC.CCCC(O)CN(CCCN(CCO)CCO)CC(O)CCC.CCCC(O)CN(CCCO)CC(O)CCC.CCCCCCCCCCCCCCC(O)CN(C)CCCN(C)CC(O)CCCCCCCCCCCCCC. The summed E-state index contributed by atoms with van der Waals surface area (Å²) in [4.78, 5) is 15.2. The number of unbranched alkanes of at least 4 members (excludes halogenated alkanes) is 22. The van der Waals surface area contributed by atoms with Crippen LogP contribution in [0.3, 0.4) is 0 Å². The molecule has 0 saturated carbocycles. The van der Waals surface area contributed by atoms with Crippen LogP contribution in [-0.4, -0.2) is 299 Å². The van der Waals surface area contributed by atoms with Gasteiger partial charge in [-0.2, -0.15) is 0 Å². The third-order valence-corrected chi connectivity index (χ3v) is 18.9. The monoisotopic (exact) mass is 1440 g/mol. The molecule has 0 heterocycles. The third kappa shape index (κ3) is 81.4. The summed E-state index contributed by atoms with van der Waals surface area (Å²) in [7, 11) is 8.41. The number of nitrogens with zero attached hydrogens (tertiary/aromatic N) is 7. The molecule has 8 unspecified atom stereocenters. The van der Waals surface area contributed by atoms with Crippen LogP contribution in [0.2, 0.25) is 0 Å². The van der Waals surface area contributed by atoms with Gasteiger partial charge in [0.25, 0.3) is 0 Å². The van der Waals surface area contributed by atoms with Crippen molar-refractivity contribution < 1.29 is 56.2 Å². The fourth-order valence-electron chi connectivity index (χ4n) is 13.3. The van der Waals surface area contributed by atoms with E-state index in [0.717, 1.165) is 181 Å².